The second kappa shape index (κ2) is 23.6. The summed E-state index contributed by atoms with van der Waals surface area (Å²) in [7, 11) is 1.32. The minimum absolute atomic E-state index is 0.00309. The third-order valence-corrected chi connectivity index (χ3v) is 9.77. The second-order valence-electron chi connectivity index (χ2n) is 10.6. The lowest BCUT2D eigenvalue weighted by Gasteiger charge is -2.31. The lowest BCUT2D eigenvalue weighted by atomic mass is 10.1. The molecule has 0 radical (unpaired) electrons. The van der Waals surface area contributed by atoms with E-state index in [1.165, 1.54) is 39.2 Å². The van der Waals surface area contributed by atoms with E-state index in [2.05, 4.69) is 22.5 Å². The topological polar surface area (TPSA) is 216 Å². The molecule has 0 saturated carbocycles. The molecule has 0 fully saturated rings. The minimum atomic E-state index is -3.04. The van der Waals surface area contributed by atoms with Gasteiger partial charge in [-0.3, -0.25) is 10.1 Å². The van der Waals surface area contributed by atoms with Crippen LogP contribution in [0.4, 0.5) is 25.8 Å². The van der Waals surface area contributed by atoms with Crippen molar-refractivity contribution in [2.45, 2.75) is 58.7 Å². The number of carbonyl (C=O) groups is 6. The maximum Gasteiger partial charge on any atom is 0.500 e. The van der Waals surface area contributed by atoms with Crippen LogP contribution < -0.4 is 16.0 Å². The van der Waals surface area contributed by atoms with E-state index in [0.717, 1.165) is 6.08 Å². The normalized spacial score (nSPS) is 12.0. The highest BCUT2D eigenvalue weighted by atomic mass is 28.4. The van der Waals surface area contributed by atoms with Crippen LogP contribution in [-0.4, -0.2) is 123 Å². The number of alkyl carbamates (subject to hydrolysis) is 1. The summed E-state index contributed by atoms with van der Waals surface area (Å²) in [6.45, 7) is 9.40. The van der Waals surface area contributed by atoms with Crippen LogP contribution in [0, 0.1) is 6.92 Å². The second-order valence-corrected chi connectivity index (χ2v) is 13.7. The van der Waals surface area contributed by atoms with Gasteiger partial charge in [0.15, 0.2) is 0 Å². The van der Waals surface area contributed by atoms with Crippen LogP contribution in [0.25, 0.3) is 0 Å². The molecule has 19 heteroatoms. The summed E-state index contributed by atoms with van der Waals surface area (Å²) in [5.74, 6) is -2.13. The average molecular weight is 743 g/mol. The molecule has 0 heterocycles. The first-order valence-electron chi connectivity index (χ1n) is 16.1. The molecule has 1 rings (SSSR count). The van der Waals surface area contributed by atoms with E-state index in [0.29, 0.717) is 5.56 Å². The molecule has 0 spiro atoms. The van der Waals surface area contributed by atoms with E-state index in [1.807, 2.05) is 0 Å². The van der Waals surface area contributed by atoms with Gasteiger partial charge in [0.1, 0.15) is 25.4 Å². The van der Waals surface area contributed by atoms with E-state index < -0.39 is 63.5 Å². The molecular weight excluding hydrogens is 692 g/mol. The number of urea groups is 1. The Morgan fingerprint density at radius 3 is 2.20 bits per heavy atom. The average Bonchev–Trinajstić information content (AvgIpc) is 3.10. The molecule has 2 unspecified atom stereocenters. The van der Waals surface area contributed by atoms with Crippen molar-refractivity contribution < 1.29 is 65.7 Å². The molecule has 0 bridgehead atoms. The van der Waals surface area contributed by atoms with E-state index in [4.69, 9.17) is 37.0 Å². The van der Waals surface area contributed by atoms with Gasteiger partial charge in [-0.1, -0.05) is 12.6 Å². The summed E-state index contributed by atoms with van der Waals surface area (Å²) in [5, 5.41) is 7.67. The lowest BCUT2D eigenvalue weighted by molar-refractivity contribution is -0.155. The first-order chi connectivity index (χ1) is 24.3. The van der Waals surface area contributed by atoms with Crippen molar-refractivity contribution in [3.63, 3.8) is 0 Å². The Hall–Kier alpha value is -4.72. The SMILES string of the molecule is C=CC(=O)OCCNC(=O)OC(C)COC(=O)Nc1ccc(C)c(NC(=O)N(CCC[Si](OC)(OC)OC)C(CC(=O)OCC)C(=O)OCC)c1. The van der Waals surface area contributed by atoms with Crippen LogP contribution in [-0.2, 0) is 51.3 Å². The summed E-state index contributed by atoms with van der Waals surface area (Å²) >= 11 is 0. The third-order valence-electron chi connectivity index (χ3n) is 6.94. The highest BCUT2D eigenvalue weighted by Crippen LogP contribution is 2.23. The van der Waals surface area contributed by atoms with Crippen LogP contribution in [0.2, 0.25) is 6.04 Å². The Balaban J connectivity index is 3.04. The number of anilines is 2. The molecule has 286 valence electrons. The number of nitrogens with zero attached hydrogens (tertiary/aromatic N) is 1. The summed E-state index contributed by atoms with van der Waals surface area (Å²) in [4.78, 5) is 76.1. The highest BCUT2D eigenvalue weighted by Gasteiger charge is 2.39. The van der Waals surface area contributed by atoms with Crippen LogP contribution in [0.3, 0.4) is 0 Å². The van der Waals surface area contributed by atoms with Crippen molar-refractivity contribution in [3.8, 4) is 0 Å². The first kappa shape index (κ1) is 44.3. The Bertz CT molecular complexity index is 1320. The van der Waals surface area contributed by atoms with Crippen molar-refractivity contribution in [3.05, 3.63) is 36.4 Å². The summed E-state index contributed by atoms with van der Waals surface area (Å²) in [6, 6.07) is 2.91. The maximum atomic E-state index is 13.8. The predicted molar refractivity (Wildman–Crippen MR) is 185 cm³/mol. The molecule has 3 N–H and O–H groups in total. The van der Waals surface area contributed by atoms with Gasteiger partial charge in [0, 0.05) is 51.4 Å². The fourth-order valence-electron chi connectivity index (χ4n) is 4.35. The lowest BCUT2D eigenvalue weighted by Crippen LogP contribution is -2.50. The Kier molecular flexibility index (Phi) is 20.5. The molecule has 0 saturated heterocycles. The number of carbonyl (C=O) groups excluding carboxylic acids is 6. The summed E-state index contributed by atoms with van der Waals surface area (Å²) in [5.41, 5.74) is 1.14. The van der Waals surface area contributed by atoms with Gasteiger partial charge in [0.05, 0.1) is 26.2 Å². The van der Waals surface area contributed by atoms with Gasteiger partial charge >= 0.3 is 44.9 Å². The summed E-state index contributed by atoms with van der Waals surface area (Å²) < 4.78 is 41.7. The zero-order valence-corrected chi connectivity index (χ0v) is 31.2. The number of amides is 4. The number of nitrogens with one attached hydrogen (secondary N) is 3. The number of hydrogen-bond acceptors (Lipinski definition) is 14. The van der Waals surface area contributed by atoms with Gasteiger partial charge in [0.2, 0.25) is 0 Å². The molecule has 4 amide bonds. The maximum absolute atomic E-state index is 13.8. The molecular formula is C32H50N4O14Si. The fourth-order valence-corrected chi connectivity index (χ4v) is 6.05. The Labute approximate surface area is 298 Å². The largest absolute Gasteiger partial charge is 0.500 e. The van der Waals surface area contributed by atoms with Gasteiger partial charge in [-0.25, -0.2) is 24.0 Å². The number of hydrogen-bond donors (Lipinski definition) is 3. The van der Waals surface area contributed by atoms with E-state index in [1.54, 1.807) is 32.9 Å². The molecule has 1 aromatic carbocycles. The van der Waals surface area contributed by atoms with Gasteiger partial charge in [-0.15, -0.1) is 0 Å². The number of aryl methyl sites for hydroxylation is 1. The van der Waals surface area contributed by atoms with Gasteiger partial charge in [-0.2, -0.15) is 0 Å². The fraction of sp³-hybridized carbons (Fsp3) is 0.562. The van der Waals surface area contributed by atoms with E-state index in [9.17, 15) is 28.8 Å². The molecule has 1 aromatic rings. The van der Waals surface area contributed by atoms with Crippen molar-refractivity contribution in [1.29, 1.82) is 0 Å². The highest BCUT2D eigenvalue weighted by molar-refractivity contribution is 6.60. The molecule has 51 heavy (non-hydrogen) atoms. The van der Waals surface area contributed by atoms with Gasteiger partial charge < -0.3 is 52.5 Å². The number of ether oxygens (including phenoxy) is 5. The predicted octanol–water partition coefficient (Wildman–Crippen LogP) is 3.37. The standard InChI is InChI=1S/C32H50N4O14Si/c1-9-27(37)48-17-15-33-31(41)50-23(5)21-49-32(42)34-24-14-13-22(4)25(19-24)35-30(40)36(16-12-18-51(43-6,44-7)45-8)26(29(39)47-11-3)20-28(38)46-10-2/h9,13-14,19,23,26H,1,10-12,15-18,20-21H2,2-8H3,(H,33,41)(H,34,42)(H,35,40). The quantitative estimate of drug-likeness (QED) is 0.0511. The van der Waals surface area contributed by atoms with Crippen LogP contribution in [0.15, 0.2) is 30.9 Å². The van der Waals surface area contributed by atoms with Crippen molar-refractivity contribution in [2.75, 3.05) is 71.5 Å². The summed E-state index contributed by atoms with van der Waals surface area (Å²) in [6.07, 6.45) is -1.69. The van der Waals surface area contributed by atoms with Crippen molar-refractivity contribution in [1.82, 2.24) is 10.2 Å². The molecule has 0 aromatic heterocycles. The molecule has 18 nitrogen and oxygen atoms in total. The monoisotopic (exact) mass is 742 g/mol. The number of rotatable bonds is 22. The molecule has 2 atom stereocenters. The molecule has 0 aliphatic heterocycles. The first-order valence-corrected chi connectivity index (χ1v) is 18.0. The van der Waals surface area contributed by atoms with Crippen LogP contribution >= 0.6 is 0 Å². The molecule has 0 aliphatic carbocycles. The Morgan fingerprint density at radius 2 is 1.59 bits per heavy atom. The van der Waals surface area contributed by atoms with Crippen LogP contribution in [0.5, 0.6) is 0 Å². The van der Waals surface area contributed by atoms with E-state index >= 15 is 0 Å². The zero-order valence-electron chi connectivity index (χ0n) is 30.2. The van der Waals surface area contributed by atoms with Crippen molar-refractivity contribution in [2.24, 2.45) is 0 Å². The number of benzene rings is 1. The molecule has 0 aliphatic rings. The van der Waals surface area contributed by atoms with E-state index in [-0.39, 0.29) is 63.4 Å². The zero-order chi connectivity index (χ0) is 38.4. The third kappa shape index (κ3) is 16.2. The van der Waals surface area contributed by atoms with Gasteiger partial charge in [-0.05, 0) is 51.8 Å². The van der Waals surface area contributed by atoms with Crippen LogP contribution in [0.1, 0.15) is 39.2 Å². The number of esters is 3. The smallest absolute Gasteiger partial charge is 0.466 e. The van der Waals surface area contributed by atoms with Gasteiger partial charge in [0.25, 0.3) is 0 Å². The Morgan fingerprint density at radius 1 is 0.922 bits per heavy atom. The minimum Gasteiger partial charge on any atom is -0.466 e. The van der Waals surface area contributed by atoms with Crippen molar-refractivity contribution >= 4 is 56.3 Å².